The number of hydrogen-bond acceptors (Lipinski definition) is 5. The highest BCUT2D eigenvalue weighted by Crippen LogP contribution is 2.35. The normalized spacial score (nSPS) is 19.1. The number of benzene rings is 1. The minimum atomic E-state index is -3.67. The molecule has 27 heavy (non-hydrogen) atoms. The van der Waals surface area contributed by atoms with Gasteiger partial charge in [0.15, 0.2) is 0 Å². The van der Waals surface area contributed by atoms with Gasteiger partial charge in [-0.3, -0.25) is 9.69 Å². The summed E-state index contributed by atoms with van der Waals surface area (Å²) >= 11 is 1.75. The number of likely N-dealkylation sites (tertiary alicyclic amines) is 1. The second-order valence-electron chi connectivity index (χ2n) is 6.82. The maximum Gasteiger partial charge on any atom is 0.238 e. The zero-order valence-electron chi connectivity index (χ0n) is 15.3. The smallest absolute Gasteiger partial charge is 0.238 e. The molecule has 146 valence electrons. The Morgan fingerprint density at radius 3 is 2.70 bits per heavy atom. The first-order valence-corrected chi connectivity index (χ1v) is 11.5. The molecule has 1 fully saturated rings. The highest BCUT2D eigenvalue weighted by Gasteiger charge is 2.33. The molecular formula is C19H25N3O3S2. The first kappa shape index (κ1) is 20.0. The summed E-state index contributed by atoms with van der Waals surface area (Å²) in [6.45, 7) is 3.41. The number of carbonyl (C=O) groups is 1. The summed E-state index contributed by atoms with van der Waals surface area (Å²) in [4.78, 5) is 16.3. The predicted octanol–water partition coefficient (Wildman–Crippen LogP) is 2.28. The van der Waals surface area contributed by atoms with E-state index in [9.17, 15) is 13.2 Å². The van der Waals surface area contributed by atoms with E-state index in [-0.39, 0.29) is 16.8 Å². The van der Waals surface area contributed by atoms with E-state index in [2.05, 4.69) is 27.7 Å². The number of carbonyl (C=O) groups excluding carboxylic acids is 1. The molecule has 1 aromatic heterocycles. The third kappa shape index (κ3) is 4.95. The number of hydrogen-bond donors (Lipinski definition) is 2. The van der Waals surface area contributed by atoms with Gasteiger partial charge in [0.2, 0.25) is 15.9 Å². The Balaban J connectivity index is 1.51. The first-order valence-electron chi connectivity index (χ1n) is 9.05. The zero-order valence-corrected chi connectivity index (χ0v) is 16.9. The van der Waals surface area contributed by atoms with Crippen molar-refractivity contribution in [1.82, 2.24) is 10.2 Å². The largest absolute Gasteiger partial charge is 0.354 e. The zero-order chi connectivity index (χ0) is 19.4. The summed E-state index contributed by atoms with van der Waals surface area (Å²) in [5.41, 5.74) is 0.952. The molecule has 0 bridgehead atoms. The van der Waals surface area contributed by atoms with Gasteiger partial charge < -0.3 is 5.32 Å². The van der Waals surface area contributed by atoms with Crippen LogP contribution in [0.5, 0.6) is 0 Å². The standard InChI is InChI=1S/C19H25N3O3S2/c1-14(22-12-2-4-17(22)18-5-3-13-26-18)19(23)21-11-10-15-6-8-16(9-7-15)27(20,24)25/h3,5-9,13-14,17H,2,4,10-12H2,1H3,(H,21,23)(H2,20,24,25). The molecule has 2 aromatic rings. The fourth-order valence-electron chi connectivity index (χ4n) is 3.51. The van der Waals surface area contributed by atoms with Gasteiger partial charge >= 0.3 is 0 Å². The maximum absolute atomic E-state index is 12.6. The van der Waals surface area contributed by atoms with E-state index in [1.807, 2.05) is 6.92 Å². The lowest BCUT2D eigenvalue weighted by atomic mass is 10.1. The van der Waals surface area contributed by atoms with E-state index in [0.717, 1.165) is 24.9 Å². The lowest BCUT2D eigenvalue weighted by Gasteiger charge is -2.29. The number of nitrogens with zero attached hydrogens (tertiary/aromatic N) is 1. The van der Waals surface area contributed by atoms with Crippen molar-refractivity contribution >= 4 is 27.3 Å². The van der Waals surface area contributed by atoms with Crippen molar-refractivity contribution < 1.29 is 13.2 Å². The Bertz CT molecular complexity index is 864. The molecule has 3 rings (SSSR count). The van der Waals surface area contributed by atoms with E-state index in [0.29, 0.717) is 19.0 Å². The average molecular weight is 408 g/mol. The molecule has 2 heterocycles. The van der Waals surface area contributed by atoms with E-state index in [4.69, 9.17) is 5.14 Å². The summed E-state index contributed by atoms with van der Waals surface area (Å²) in [5.74, 6) is 0.0274. The monoisotopic (exact) mass is 407 g/mol. The number of rotatable bonds is 7. The van der Waals surface area contributed by atoms with E-state index in [1.54, 1.807) is 23.5 Å². The van der Waals surface area contributed by atoms with Crippen molar-refractivity contribution in [1.29, 1.82) is 0 Å². The molecule has 0 aliphatic carbocycles. The summed E-state index contributed by atoms with van der Waals surface area (Å²) in [6, 6.07) is 10.8. The topological polar surface area (TPSA) is 92.5 Å². The molecule has 2 unspecified atom stereocenters. The summed E-state index contributed by atoms with van der Waals surface area (Å²) in [5, 5.41) is 10.2. The lowest BCUT2D eigenvalue weighted by Crippen LogP contribution is -2.45. The fourth-order valence-corrected chi connectivity index (χ4v) is 4.91. The van der Waals surface area contributed by atoms with Gasteiger partial charge in [-0.15, -0.1) is 11.3 Å². The molecule has 1 aliphatic heterocycles. The maximum atomic E-state index is 12.6. The highest BCUT2D eigenvalue weighted by atomic mass is 32.2. The van der Waals surface area contributed by atoms with Crippen LogP contribution in [0, 0.1) is 0 Å². The molecule has 8 heteroatoms. The average Bonchev–Trinajstić information content (AvgIpc) is 3.31. The minimum Gasteiger partial charge on any atom is -0.354 e. The molecule has 6 nitrogen and oxygen atoms in total. The quantitative estimate of drug-likeness (QED) is 0.736. The molecule has 2 atom stereocenters. The third-order valence-electron chi connectivity index (χ3n) is 5.01. The van der Waals surface area contributed by atoms with Gasteiger partial charge in [0.05, 0.1) is 10.9 Å². The number of nitrogens with one attached hydrogen (secondary N) is 1. The van der Waals surface area contributed by atoms with Gasteiger partial charge in [-0.2, -0.15) is 0 Å². The van der Waals surface area contributed by atoms with E-state index in [1.165, 1.54) is 17.0 Å². The molecule has 0 spiro atoms. The van der Waals surface area contributed by atoms with Crippen molar-refractivity contribution in [3.63, 3.8) is 0 Å². The fraction of sp³-hybridized carbons (Fsp3) is 0.421. The van der Waals surface area contributed by atoms with Crippen molar-refractivity contribution in [2.24, 2.45) is 5.14 Å². The Kier molecular flexibility index (Phi) is 6.31. The Morgan fingerprint density at radius 2 is 2.07 bits per heavy atom. The second-order valence-corrected chi connectivity index (χ2v) is 9.36. The molecule has 1 aliphatic rings. The van der Waals surface area contributed by atoms with Gasteiger partial charge in [-0.1, -0.05) is 18.2 Å². The number of sulfonamides is 1. The van der Waals surface area contributed by atoms with Crippen LogP contribution < -0.4 is 10.5 Å². The Labute approximate surface area is 164 Å². The van der Waals surface area contributed by atoms with Gasteiger partial charge in [0, 0.05) is 17.5 Å². The van der Waals surface area contributed by atoms with Crippen LogP contribution in [0.15, 0.2) is 46.7 Å². The van der Waals surface area contributed by atoms with E-state index < -0.39 is 10.0 Å². The van der Waals surface area contributed by atoms with Crippen molar-refractivity contribution in [2.75, 3.05) is 13.1 Å². The molecule has 1 saturated heterocycles. The van der Waals surface area contributed by atoms with Crippen molar-refractivity contribution in [3.8, 4) is 0 Å². The Hall–Kier alpha value is -1.74. The first-order chi connectivity index (χ1) is 12.9. The Morgan fingerprint density at radius 1 is 1.33 bits per heavy atom. The number of primary sulfonamides is 1. The summed E-state index contributed by atoms with van der Waals surface area (Å²) < 4.78 is 22.6. The van der Waals surface area contributed by atoms with Crippen LogP contribution in [0.2, 0.25) is 0 Å². The number of amides is 1. The number of thiophene rings is 1. The molecule has 0 saturated carbocycles. The highest BCUT2D eigenvalue weighted by molar-refractivity contribution is 7.89. The summed E-state index contributed by atoms with van der Waals surface area (Å²) in [6.07, 6.45) is 2.84. The summed E-state index contributed by atoms with van der Waals surface area (Å²) in [7, 11) is -3.67. The number of nitrogens with two attached hydrogens (primary N) is 1. The van der Waals surface area contributed by atoms with E-state index >= 15 is 0 Å². The molecule has 1 amide bonds. The van der Waals surface area contributed by atoms with Gasteiger partial charge in [0.25, 0.3) is 0 Å². The van der Waals surface area contributed by atoms with Crippen LogP contribution in [0.1, 0.15) is 36.2 Å². The third-order valence-corrected chi connectivity index (χ3v) is 6.91. The lowest BCUT2D eigenvalue weighted by molar-refractivity contribution is -0.126. The predicted molar refractivity (Wildman–Crippen MR) is 107 cm³/mol. The van der Waals surface area contributed by atoms with Crippen LogP contribution >= 0.6 is 11.3 Å². The van der Waals surface area contributed by atoms with Crippen LogP contribution in [0.4, 0.5) is 0 Å². The van der Waals surface area contributed by atoms with Crippen molar-refractivity contribution in [3.05, 3.63) is 52.2 Å². The second kappa shape index (κ2) is 8.52. The van der Waals surface area contributed by atoms with Crippen LogP contribution in [-0.4, -0.2) is 38.4 Å². The molecule has 1 aromatic carbocycles. The van der Waals surface area contributed by atoms with Crippen LogP contribution in [0.3, 0.4) is 0 Å². The molecule has 0 radical (unpaired) electrons. The SMILES string of the molecule is CC(C(=O)NCCc1ccc(S(N)(=O)=O)cc1)N1CCCC1c1cccs1. The molecule has 3 N–H and O–H groups in total. The van der Waals surface area contributed by atoms with Crippen molar-refractivity contribution in [2.45, 2.75) is 43.2 Å². The van der Waals surface area contributed by atoms with Crippen LogP contribution in [-0.2, 0) is 21.2 Å². The van der Waals surface area contributed by atoms with Crippen LogP contribution in [0.25, 0.3) is 0 Å². The van der Waals surface area contributed by atoms with Gasteiger partial charge in [-0.25, -0.2) is 13.6 Å². The molecular weight excluding hydrogens is 382 g/mol. The van der Waals surface area contributed by atoms with Gasteiger partial charge in [-0.05, 0) is 61.9 Å². The van der Waals surface area contributed by atoms with Gasteiger partial charge in [0.1, 0.15) is 0 Å². The minimum absolute atomic E-state index is 0.0274.